The normalized spacial score (nSPS) is 17.9. The van der Waals surface area contributed by atoms with Crippen molar-refractivity contribution in [2.45, 2.75) is 63.8 Å². The fraction of sp³-hybridized carbons (Fsp3) is 0.571. The van der Waals surface area contributed by atoms with Gasteiger partial charge in [-0.2, -0.15) is 0 Å². The van der Waals surface area contributed by atoms with Crippen molar-refractivity contribution in [3.8, 4) is 0 Å². The van der Waals surface area contributed by atoms with E-state index in [-0.39, 0.29) is 18.2 Å². The first-order valence-corrected chi connectivity index (χ1v) is 9.95. The summed E-state index contributed by atoms with van der Waals surface area (Å²) in [5, 5.41) is 11.7. The number of carbonyl (C=O) groups excluding carboxylic acids is 3. The fourth-order valence-corrected chi connectivity index (χ4v) is 3.98. The van der Waals surface area contributed by atoms with Crippen LogP contribution < -0.4 is 16.5 Å². The molecule has 0 radical (unpaired) electrons. The molecule has 0 saturated heterocycles. The molecule has 1 aromatic rings. The van der Waals surface area contributed by atoms with Gasteiger partial charge in [0.15, 0.2) is 0 Å². The van der Waals surface area contributed by atoms with Crippen LogP contribution in [-0.2, 0) is 20.8 Å². The summed E-state index contributed by atoms with van der Waals surface area (Å²) >= 11 is 0. The third-order valence-electron chi connectivity index (χ3n) is 5.87. The van der Waals surface area contributed by atoms with Crippen molar-refractivity contribution in [1.29, 1.82) is 0 Å². The second-order valence-electron chi connectivity index (χ2n) is 7.85. The summed E-state index contributed by atoms with van der Waals surface area (Å²) in [7, 11) is 0. The summed E-state index contributed by atoms with van der Waals surface area (Å²) < 4.78 is 0. The molecule has 7 nitrogen and oxygen atoms in total. The molecule has 0 heterocycles. The van der Waals surface area contributed by atoms with Crippen molar-refractivity contribution in [1.82, 2.24) is 10.8 Å². The number of benzene rings is 1. The third kappa shape index (κ3) is 5.79. The SMILES string of the molecule is CC(NC(=O)C(CCc1ccccc1)CC(=O)NO)(C(N)=O)C1CCCCC1. The summed E-state index contributed by atoms with van der Waals surface area (Å²) in [6, 6.07) is 9.65. The molecule has 0 aliphatic heterocycles. The van der Waals surface area contributed by atoms with Crippen LogP contribution in [0.25, 0.3) is 0 Å². The summed E-state index contributed by atoms with van der Waals surface area (Å²) in [6.45, 7) is 1.68. The molecule has 1 aliphatic rings. The Labute approximate surface area is 166 Å². The van der Waals surface area contributed by atoms with Crippen LogP contribution in [-0.4, -0.2) is 28.5 Å². The van der Waals surface area contributed by atoms with Crippen LogP contribution in [0.5, 0.6) is 0 Å². The van der Waals surface area contributed by atoms with Crippen LogP contribution in [0.4, 0.5) is 0 Å². The molecule has 1 aromatic carbocycles. The standard InChI is InChI=1S/C21H31N3O4/c1-21(20(22)27,17-10-6-3-7-11-17)23-19(26)16(14-18(25)24-28)13-12-15-8-4-2-5-9-15/h2,4-5,8-9,16-17,28H,3,6-7,10-14H2,1H3,(H2,22,27)(H,23,26)(H,24,25). The van der Waals surface area contributed by atoms with Crippen molar-refractivity contribution in [2.24, 2.45) is 17.6 Å². The molecule has 154 valence electrons. The Bertz CT molecular complexity index is 673. The van der Waals surface area contributed by atoms with E-state index in [0.29, 0.717) is 12.8 Å². The van der Waals surface area contributed by atoms with Crippen molar-refractivity contribution in [3.05, 3.63) is 35.9 Å². The Morgan fingerprint density at radius 2 is 1.82 bits per heavy atom. The Morgan fingerprint density at radius 1 is 1.18 bits per heavy atom. The lowest BCUT2D eigenvalue weighted by atomic mass is 9.74. The zero-order valence-corrected chi connectivity index (χ0v) is 16.4. The molecule has 3 amide bonds. The molecule has 2 rings (SSSR count). The number of hydrogen-bond donors (Lipinski definition) is 4. The molecule has 1 saturated carbocycles. The number of carbonyl (C=O) groups is 3. The fourth-order valence-electron chi connectivity index (χ4n) is 3.98. The van der Waals surface area contributed by atoms with Crippen LogP contribution in [0, 0.1) is 11.8 Å². The zero-order chi connectivity index (χ0) is 20.6. The predicted octanol–water partition coefficient (Wildman–Crippen LogP) is 2.07. The largest absolute Gasteiger partial charge is 0.368 e. The number of nitrogens with one attached hydrogen (secondary N) is 2. The summed E-state index contributed by atoms with van der Waals surface area (Å²) in [5.41, 5.74) is 7.17. The van der Waals surface area contributed by atoms with Gasteiger partial charge in [-0.15, -0.1) is 0 Å². The van der Waals surface area contributed by atoms with Crippen molar-refractivity contribution >= 4 is 17.7 Å². The highest BCUT2D eigenvalue weighted by molar-refractivity contribution is 5.92. The third-order valence-corrected chi connectivity index (χ3v) is 5.87. The van der Waals surface area contributed by atoms with Gasteiger partial charge in [-0.25, -0.2) is 5.48 Å². The lowest BCUT2D eigenvalue weighted by Crippen LogP contribution is -2.61. The Balaban J connectivity index is 2.11. The summed E-state index contributed by atoms with van der Waals surface area (Å²) in [4.78, 5) is 36.9. The average Bonchev–Trinajstić information content (AvgIpc) is 2.71. The second-order valence-corrected chi connectivity index (χ2v) is 7.85. The number of aryl methyl sites for hydroxylation is 1. The number of primary amides is 1. The first-order chi connectivity index (χ1) is 13.4. The number of hydroxylamine groups is 1. The van der Waals surface area contributed by atoms with E-state index < -0.39 is 23.3 Å². The molecule has 5 N–H and O–H groups in total. The van der Waals surface area contributed by atoms with Crippen molar-refractivity contribution in [2.75, 3.05) is 0 Å². The quantitative estimate of drug-likeness (QED) is 0.381. The number of rotatable bonds is 9. The van der Waals surface area contributed by atoms with Gasteiger partial charge in [-0.05, 0) is 44.1 Å². The number of nitrogens with two attached hydrogens (primary N) is 1. The molecule has 0 aromatic heterocycles. The number of hydrogen-bond acceptors (Lipinski definition) is 4. The maximum Gasteiger partial charge on any atom is 0.244 e. The highest BCUT2D eigenvalue weighted by Gasteiger charge is 2.42. The van der Waals surface area contributed by atoms with E-state index in [1.165, 1.54) is 0 Å². The van der Waals surface area contributed by atoms with Crippen LogP contribution in [0.3, 0.4) is 0 Å². The highest BCUT2D eigenvalue weighted by Crippen LogP contribution is 2.33. The summed E-state index contributed by atoms with van der Waals surface area (Å²) in [6.07, 6.45) is 5.68. The van der Waals surface area contributed by atoms with Crippen LogP contribution in [0.1, 0.15) is 57.4 Å². The van der Waals surface area contributed by atoms with Crippen LogP contribution in [0.15, 0.2) is 30.3 Å². The second kappa shape index (κ2) is 10.2. The molecule has 2 unspecified atom stereocenters. The van der Waals surface area contributed by atoms with Gasteiger partial charge in [0.05, 0.1) is 0 Å². The van der Waals surface area contributed by atoms with Crippen LogP contribution >= 0.6 is 0 Å². The van der Waals surface area contributed by atoms with E-state index in [1.807, 2.05) is 30.3 Å². The molecule has 0 bridgehead atoms. The van der Waals surface area contributed by atoms with Crippen molar-refractivity contribution in [3.63, 3.8) is 0 Å². The minimum Gasteiger partial charge on any atom is -0.368 e. The van der Waals surface area contributed by atoms with E-state index in [2.05, 4.69) is 5.32 Å². The van der Waals surface area contributed by atoms with E-state index in [9.17, 15) is 14.4 Å². The van der Waals surface area contributed by atoms with E-state index in [1.54, 1.807) is 12.4 Å². The van der Waals surface area contributed by atoms with Crippen LogP contribution in [0.2, 0.25) is 0 Å². The Hall–Kier alpha value is -2.41. The first kappa shape index (κ1) is 21.9. The molecule has 28 heavy (non-hydrogen) atoms. The smallest absolute Gasteiger partial charge is 0.244 e. The van der Waals surface area contributed by atoms with Gasteiger partial charge in [-0.3, -0.25) is 19.6 Å². The molecule has 2 atom stereocenters. The number of amides is 3. The van der Waals surface area contributed by atoms with E-state index in [4.69, 9.17) is 10.9 Å². The predicted molar refractivity (Wildman–Crippen MR) is 105 cm³/mol. The Morgan fingerprint density at radius 3 is 2.39 bits per heavy atom. The minimum absolute atomic E-state index is 0.0101. The average molecular weight is 389 g/mol. The van der Waals surface area contributed by atoms with E-state index >= 15 is 0 Å². The maximum atomic E-state index is 13.0. The summed E-state index contributed by atoms with van der Waals surface area (Å²) in [5.74, 6) is -2.25. The monoisotopic (exact) mass is 389 g/mol. The lowest BCUT2D eigenvalue weighted by molar-refractivity contribution is -0.139. The molecule has 1 fully saturated rings. The molecular formula is C21H31N3O4. The van der Waals surface area contributed by atoms with Gasteiger partial charge in [0.25, 0.3) is 0 Å². The molecular weight excluding hydrogens is 358 g/mol. The molecule has 1 aliphatic carbocycles. The lowest BCUT2D eigenvalue weighted by Gasteiger charge is -2.38. The topological polar surface area (TPSA) is 122 Å². The van der Waals surface area contributed by atoms with Gasteiger partial charge in [-0.1, -0.05) is 49.6 Å². The first-order valence-electron chi connectivity index (χ1n) is 9.95. The highest BCUT2D eigenvalue weighted by atomic mass is 16.5. The molecule has 7 heteroatoms. The van der Waals surface area contributed by atoms with E-state index in [0.717, 1.165) is 37.7 Å². The van der Waals surface area contributed by atoms with Gasteiger partial charge < -0.3 is 11.1 Å². The maximum absolute atomic E-state index is 13.0. The van der Waals surface area contributed by atoms with Gasteiger partial charge in [0.2, 0.25) is 17.7 Å². The van der Waals surface area contributed by atoms with Gasteiger partial charge in [0, 0.05) is 12.3 Å². The van der Waals surface area contributed by atoms with Gasteiger partial charge >= 0.3 is 0 Å². The zero-order valence-electron chi connectivity index (χ0n) is 16.4. The Kier molecular flexibility index (Phi) is 7.99. The minimum atomic E-state index is -1.14. The van der Waals surface area contributed by atoms with Gasteiger partial charge in [0.1, 0.15) is 5.54 Å². The van der Waals surface area contributed by atoms with Crippen molar-refractivity contribution < 1.29 is 19.6 Å². The molecule has 0 spiro atoms.